The van der Waals surface area contributed by atoms with E-state index in [1.807, 2.05) is 0 Å². The quantitative estimate of drug-likeness (QED) is 0.817. The van der Waals surface area contributed by atoms with Gasteiger partial charge in [0, 0.05) is 22.8 Å². The van der Waals surface area contributed by atoms with Gasteiger partial charge in [0.05, 0.1) is 0 Å². The minimum Gasteiger partial charge on any atom is -0.451 e. The Morgan fingerprint density at radius 3 is 1.89 bits per heavy atom. The van der Waals surface area contributed by atoms with Crippen LogP contribution in [0.4, 0.5) is 14.5 Å². The Hall–Kier alpha value is -1.81. The number of rotatable bonds is 2. The van der Waals surface area contributed by atoms with E-state index in [4.69, 9.17) is 22.1 Å². The molecular weight excluding hydrogens is 272 g/mol. The number of nitrogens with two attached hydrogens (primary N) is 1. The number of aryl methyl sites for hydroxylation is 2. The molecule has 0 bridgehead atoms. The van der Waals surface area contributed by atoms with Crippen LogP contribution in [0, 0.1) is 25.5 Å². The van der Waals surface area contributed by atoms with E-state index in [9.17, 15) is 8.78 Å². The lowest BCUT2D eigenvalue weighted by Crippen LogP contribution is -1.98. The van der Waals surface area contributed by atoms with Gasteiger partial charge < -0.3 is 10.5 Å². The third kappa shape index (κ3) is 2.79. The first-order valence-corrected chi connectivity index (χ1v) is 5.95. The Balaban J connectivity index is 2.48. The number of benzene rings is 2. The molecule has 2 aromatic carbocycles. The van der Waals surface area contributed by atoms with E-state index in [1.54, 1.807) is 26.0 Å². The van der Waals surface area contributed by atoms with Crippen LogP contribution >= 0.6 is 11.6 Å². The highest BCUT2D eigenvalue weighted by atomic mass is 35.5. The van der Waals surface area contributed by atoms with Crippen LogP contribution in [0.2, 0.25) is 5.02 Å². The second kappa shape index (κ2) is 5.05. The largest absolute Gasteiger partial charge is 0.451 e. The number of hydrogen-bond acceptors (Lipinski definition) is 2. The molecule has 5 heteroatoms. The molecule has 2 rings (SSSR count). The normalized spacial score (nSPS) is 10.6. The molecule has 19 heavy (non-hydrogen) atoms. The van der Waals surface area contributed by atoms with Gasteiger partial charge in [-0.25, -0.2) is 8.78 Å². The molecule has 0 atom stereocenters. The van der Waals surface area contributed by atoms with Crippen molar-refractivity contribution in [2.75, 3.05) is 5.73 Å². The summed E-state index contributed by atoms with van der Waals surface area (Å²) in [5.74, 6) is -1.77. The molecule has 0 spiro atoms. The molecule has 0 aliphatic carbocycles. The van der Waals surface area contributed by atoms with Gasteiger partial charge in [0.1, 0.15) is 5.75 Å². The van der Waals surface area contributed by atoms with Crippen LogP contribution in [-0.4, -0.2) is 0 Å². The van der Waals surface area contributed by atoms with Crippen LogP contribution in [0.5, 0.6) is 11.5 Å². The third-order valence-corrected chi connectivity index (χ3v) is 2.87. The standard InChI is InChI=1S/C14H12ClF2NO/c1-7-3-9(15)4-8(2)13(7)19-14-11(16)5-10(18)6-12(14)17/h3-6H,18H2,1-2H3. The molecular formula is C14H12ClF2NO. The van der Waals surface area contributed by atoms with Gasteiger partial charge in [0.2, 0.25) is 0 Å². The summed E-state index contributed by atoms with van der Waals surface area (Å²) in [5.41, 5.74) is 6.74. The third-order valence-electron chi connectivity index (χ3n) is 2.65. The van der Waals surface area contributed by atoms with Crippen LogP contribution in [0.1, 0.15) is 11.1 Å². The van der Waals surface area contributed by atoms with Crippen molar-refractivity contribution < 1.29 is 13.5 Å². The number of nitrogen functional groups attached to an aromatic ring is 1. The van der Waals surface area contributed by atoms with Crippen LogP contribution in [0.3, 0.4) is 0 Å². The Morgan fingerprint density at radius 1 is 0.947 bits per heavy atom. The molecule has 0 saturated carbocycles. The lowest BCUT2D eigenvalue weighted by Gasteiger charge is -2.13. The summed E-state index contributed by atoms with van der Waals surface area (Å²) < 4.78 is 32.7. The molecule has 0 aromatic heterocycles. The van der Waals surface area contributed by atoms with Gasteiger partial charge in [-0.15, -0.1) is 0 Å². The molecule has 0 radical (unpaired) electrons. The fourth-order valence-corrected chi connectivity index (χ4v) is 2.16. The Morgan fingerprint density at radius 2 is 1.42 bits per heavy atom. The van der Waals surface area contributed by atoms with Crippen LogP contribution < -0.4 is 10.5 Å². The number of halogens is 3. The molecule has 2 nitrogen and oxygen atoms in total. The highest BCUT2D eigenvalue weighted by Crippen LogP contribution is 2.34. The Labute approximate surface area is 114 Å². The molecule has 0 heterocycles. The van der Waals surface area contributed by atoms with Crippen molar-refractivity contribution >= 4 is 17.3 Å². The van der Waals surface area contributed by atoms with Gasteiger partial charge in [-0.1, -0.05) is 11.6 Å². The van der Waals surface area contributed by atoms with Crippen molar-refractivity contribution in [3.63, 3.8) is 0 Å². The van der Waals surface area contributed by atoms with Crippen molar-refractivity contribution in [1.82, 2.24) is 0 Å². The van der Waals surface area contributed by atoms with Crippen molar-refractivity contribution in [2.24, 2.45) is 0 Å². The molecule has 0 fully saturated rings. The molecule has 0 aliphatic rings. The Kier molecular flexibility index (Phi) is 3.62. The summed E-state index contributed by atoms with van der Waals surface area (Å²) in [6.45, 7) is 3.50. The smallest absolute Gasteiger partial charge is 0.198 e. The maximum atomic E-state index is 13.7. The zero-order valence-electron chi connectivity index (χ0n) is 10.4. The van der Waals surface area contributed by atoms with E-state index >= 15 is 0 Å². The fourth-order valence-electron chi connectivity index (χ4n) is 1.84. The highest BCUT2D eigenvalue weighted by Gasteiger charge is 2.15. The average Bonchev–Trinajstić information content (AvgIpc) is 2.25. The second-order valence-electron chi connectivity index (χ2n) is 4.28. The summed E-state index contributed by atoms with van der Waals surface area (Å²) in [6, 6.07) is 5.35. The number of anilines is 1. The summed E-state index contributed by atoms with van der Waals surface area (Å²) in [7, 11) is 0. The summed E-state index contributed by atoms with van der Waals surface area (Å²) in [5, 5.41) is 0.542. The van der Waals surface area contributed by atoms with E-state index in [1.165, 1.54) is 0 Å². The Bertz CT molecular complexity index is 542. The summed E-state index contributed by atoms with van der Waals surface area (Å²) in [4.78, 5) is 0. The maximum Gasteiger partial charge on any atom is 0.198 e. The van der Waals surface area contributed by atoms with Crippen LogP contribution in [0.15, 0.2) is 24.3 Å². The lowest BCUT2D eigenvalue weighted by atomic mass is 10.1. The predicted octanol–water partition coefficient (Wildman–Crippen LogP) is 4.61. The lowest BCUT2D eigenvalue weighted by molar-refractivity contribution is 0.403. The van der Waals surface area contributed by atoms with E-state index in [2.05, 4.69) is 0 Å². The predicted molar refractivity (Wildman–Crippen MR) is 71.8 cm³/mol. The van der Waals surface area contributed by atoms with Crippen molar-refractivity contribution in [3.8, 4) is 11.5 Å². The van der Waals surface area contributed by atoms with E-state index in [-0.39, 0.29) is 5.69 Å². The van der Waals surface area contributed by atoms with Crippen molar-refractivity contribution in [3.05, 3.63) is 52.0 Å². The van der Waals surface area contributed by atoms with Gasteiger partial charge in [-0.05, 0) is 37.1 Å². The topological polar surface area (TPSA) is 35.2 Å². The number of hydrogen-bond donors (Lipinski definition) is 1. The van der Waals surface area contributed by atoms with Crippen LogP contribution in [0.25, 0.3) is 0 Å². The maximum absolute atomic E-state index is 13.7. The average molecular weight is 284 g/mol. The van der Waals surface area contributed by atoms with Gasteiger partial charge in [0.15, 0.2) is 17.4 Å². The molecule has 100 valence electrons. The molecule has 0 amide bonds. The SMILES string of the molecule is Cc1cc(Cl)cc(C)c1Oc1c(F)cc(N)cc1F. The molecule has 2 N–H and O–H groups in total. The molecule has 0 unspecified atom stereocenters. The van der Waals surface area contributed by atoms with Gasteiger partial charge in [-0.3, -0.25) is 0 Å². The first kappa shape index (κ1) is 13.6. The molecule has 0 saturated heterocycles. The summed E-state index contributed by atoms with van der Waals surface area (Å²) >= 11 is 5.89. The highest BCUT2D eigenvalue weighted by molar-refractivity contribution is 6.30. The van der Waals surface area contributed by atoms with Crippen LogP contribution in [-0.2, 0) is 0 Å². The van der Waals surface area contributed by atoms with E-state index < -0.39 is 17.4 Å². The minimum absolute atomic E-state index is 0.00639. The second-order valence-corrected chi connectivity index (χ2v) is 4.72. The van der Waals surface area contributed by atoms with Crippen molar-refractivity contribution in [1.29, 1.82) is 0 Å². The monoisotopic (exact) mass is 283 g/mol. The number of ether oxygens (including phenoxy) is 1. The van der Waals surface area contributed by atoms with Gasteiger partial charge in [-0.2, -0.15) is 0 Å². The molecule has 0 aliphatic heterocycles. The fraction of sp³-hybridized carbons (Fsp3) is 0.143. The van der Waals surface area contributed by atoms with Gasteiger partial charge in [0.25, 0.3) is 0 Å². The van der Waals surface area contributed by atoms with Crippen molar-refractivity contribution in [2.45, 2.75) is 13.8 Å². The van der Waals surface area contributed by atoms with Gasteiger partial charge >= 0.3 is 0 Å². The summed E-state index contributed by atoms with van der Waals surface area (Å²) in [6.07, 6.45) is 0. The zero-order chi connectivity index (χ0) is 14.2. The van der Waals surface area contributed by atoms with E-state index in [0.717, 1.165) is 12.1 Å². The first-order valence-electron chi connectivity index (χ1n) is 5.57. The zero-order valence-corrected chi connectivity index (χ0v) is 11.2. The van der Waals surface area contributed by atoms with E-state index in [0.29, 0.717) is 21.9 Å². The first-order chi connectivity index (χ1) is 8.88. The minimum atomic E-state index is -0.841. The molecule has 2 aromatic rings.